The quantitative estimate of drug-likeness (QED) is 0.265. The van der Waals surface area contributed by atoms with E-state index in [9.17, 15) is 4.79 Å². The van der Waals surface area contributed by atoms with Gasteiger partial charge in [-0.25, -0.2) is 4.98 Å². The minimum Gasteiger partial charge on any atom is -0.455 e. The van der Waals surface area contributed by atoms with Crippen LogP contribution in [0.2, 0.25) is 5.15 Å². The van der Waals surface area contributed by atoms with Crippen LogP contribution < -0.4 is 10.7 Å². The molecule has 0 aliphatic heterocycles. The first-order chi connectivity index (χ1) is 16.9. The summed E-state index contributed by atoms with van der Waals surface area (Å²) in [5, 5.41) is 4.45. The summed E-state index contributed by atoms with van der Waals surface area (Å²) in [6, 6.07) is 19.3. The summed E-state index contributed by atoms with van der Waals surface area (Å²) in [7, 11) is 0. The van der Waals surface area contributed by atoms with Gasteiger partial charge in [0.25, 0.3) is 0 Å². The Kier molecular flexibility index (Phi) is 6.10. The highest BCUT2D eigenvalue weighted by atomic mass is 35.5. The van der Waals surface area contributed by atoms with E-state index in [4.69, 9.17) is 16.0 Å². The first-order valence-corrected chi connectivity index (χ1v) is 11.8. The number of fused-ring (bicyclic) bond motifs is 1. The number of pyridine rings is 2. The van der Waals surface area contributed by atoms with Crippen LogP contribution in [0.15, 0.2) is 88.5 Å². The van der Waals surface area contributed by atoms with E-state index in [1.807, 2.05) is 75.5 Å². The van der Waals surface area contributed by atoms with Crippen LogP contribution >= 0.6 is 11.6 Å². The first-order valence-electron chi connectivity index (χ1n) is 11.4. The molecule has 35 heavy (non-hydrogen) atoms. The van der Waals surface area contributed by atoms with Gasteiger partial charge in [-0.15, -0.1) is 0 Å². The fraction of sp³-hybridized carbons (Fsp3) is 0.138. The molecule has 174 valence electrons. The molecule has 1 N–H and O–H groups in total. The molecule has 0 saturated carbocycles. The molecule has 0 spiro atoms. The Balaban J connectivity index is 1.59. The zero-order valence-corrected chi connectivity index (χ0v) is 20.4. The van der Waals surface area contributed by atoms with Crippen LogP contribution in [0.3, 0.4) is 0 Å². The number of rotatable bonds is 5. The van der Waals surface area contributed by atoms with Crippen molar-refractivity contribution in [2.45, 2.75) is 26.8 Å². The van der Waals surface area contributed by atoms with Gasteiger partial charge < -0.3 is 9.73 Å². The third-order valence-corrected chi connectivity index (χ3v) is 6.33. The summed E-state index contributed by atoms with van der Waals surface area (Å²) in [5.74, 6) is 0.575. The molecule has 0 unspecified atom stereocenters. The molecule has 6 heteroatoms. The van der Waals surface area contributed by atoms with E-state index in [2.05, 4.69) is 21.4 Å². The van der Waals surface area contributed by atoms with Gasteiger partial charge in [-0.05, 0) is 61.7 Å². The van der Waals surface area contributed by atoms with Crippen LogP contribution in [0.5, 0.6) is 0 Å². The number of anilines is 1. The topological polar surface area (TPSA) is 68.0 Å². The molecule has 0 saturated heterocycles. The monoisotopic (exact) mass is 481 g/mol. The lowest BCUT2D eigenvalue weighted by atomic mass is 9.98. The zero-order valence-electron chi connectivity index (χ0n) is 19.7. The van der Waals surface area contributed by atoms with Crippen molar-refractivity contribution in [2.24, 2.45) is 0 Å². The number of hydrogen-bond donors (Lipinski definition) is 1. The maximum Gasteiger partial charge on any atom is 0.196 e. The summed E-state index contributed by atoms with van der Waals surface area (Å²) in [4.78, 5) is 21.8. The zero-order chi connectivity index (χ0) is 24.5. The van der Waals surface area contributed by atoms with Crippen LogP contribution in [0.4, 0.5) is 5.69 Å². The molecule has 0 radical (unpaired) electrons. The predicted octanol–water partition coefficient (Wildman–Crippen LogP) is 7.36. The van der Waals surface area contributed by atoms with Gasteiger partial charge in [-0.3, -0.25) is 9.78 Å². The van der Waals surface area contributed by atoms with Crippen molar-refractivity contribution in [3.05, 3.63) is 111 Å². The highest BCUT2D eigenvalue weighted by Crippen LogP contribution is 2.33. The molecule has 0 amide bonds. The molecule has 0 aliphatic rings. The smallest absolute Gasteiger partial charge is 0.196 e. The van der Waals surface area contributed by atoms with E-state index in [1.54, 1.807) is 18.5 Å². The third-order valence-electron chi connectivity index (χ3n) is 6.11. The van der Waals surface area contributed by atoms with Gasteiger partial charge in [0, 0.05) is 29.1 Å². The SMILES string of the molecule is Cc1cc([C@@H](C)Nc2ccc(Cl)nc2)c2oc(-c3ccc(-c4cccnc4)cc3)c(C)c(=O)c2c1. The van der Waals surface area contributed by atoms with Crippen molar-refractivity contribution in [3.63, 3.8) is 0 Å². The van der Waals surface area contributed by atoms with Crippen molar-refractivity contribution in [2.75, 3.05) is 5.32 Å². The molecule has 3 aromatic heterocycles. The summed E-state index contributed by atoms with van der Waals surface area (Å²) >= 11 is 5.92. The minimum atomic E-state index is -0.132. The summed E-state index contributed by atoms with van der Waals surface area (Å²) < 4.78 is 6.48. The Labute approximate surface area is 208 Å². The average Bonchev–Trinajstić information content (AvgIpc) is 2.88. The van der Waals surface area contributed by atoms with E-state index >= 15 is 0 Å². The number of benzene rings is 2. The highest BCUT2D eigenvalue weighted by molar-refractivity contribution is 6.29. The van der Waals surface area contributed by atoms with Crippen molar-refractivity contribution >= 4 is 28.3 Å². The largest absolute Gasteiger partial charge is 0.455 e. The molecule has 2 aromatic carbocycles. The fourth-order valence-corrected chi connectivity index (χ4v) is 4.41. The Morgan fingerprint density at radius 1 is 0.943 bits per heavy atom. The van der Waals surface area contributed by atoms with Crippen LogP contribution in [-0.4, -0.2) is 9.97 Å². The molecule has 5 aromatic rings. The van der Waals surface area contributed by atoms with E-state index in [0.29, 0.717) is 27.4 Å². The number of aromatic nitrogens is 2. The maximum atomic E-state index is 13.4. The predicted molar refractivity (Wildman–Crippen MR) is 142 cm³/mol. The van der Waals surface area contributed by atoms with Gasteiger partial charge in [-0.2, -0.15) is 0 Å². The number of hydrogen-bond acceptors (Lipinski definition) is 5. The number of nitrogens with zero attached hydrogens (tertiary/aromatic N) is 2. The van der Waals surface area contributed by atoms with Crippen molar-refractivity contribution in [1.82, 2.24) is 9.97 Å². The van der Waals surface area contributed by atoms with Crippen LogP contribution in [0.25, 0.3) is 33.4 Å². The van der Waals surface area contributed by atoms with E-state index < -0.39 is 0 Å². The second-order valence-electron chi connectivity index (χ2n) is 8.67. The molecule has 5 nitrogen and oxygen atoms in total. The van der Waals surface area contributed by atoms with Crippen LogP contribution in [-0.2, 0) is 0 Å². The van der Waals surface area contributed by atoms with Gasteiger partial charge in [0.05, 0.1) is 23.3 Å². The Morgan fingerprint density at radius 2 is 1.71 bits per heavy atom. The minimum absolute atomic E-state index is 0.0251. The van der Waals surface area contributed by atoms with Gasteiger partial charge in [0.15, 0.2) is 5.43 Å². The number of halogens is 1. The van der Waals surface area contributed by atoms with Gasteiger partial charge in [0.2, 0.25) is 0 Å². The van der Waals surface area contributed by atoms with Gasteiger partial charge in [0.1, 0.15) is 16.5 Å². The van der Waals surface area contributed by atoms with Crippen LogP contribution in [0, 0.1) is 13.8 Å². The van der Waals surface area contributed by atoms with Crippen molar-refractivity contribution < 1.29 is 4.42 Å². The Hall–Kier alpha value is -3.96. The molecule has 0 aliphatic carbocycles. The molecule has 5 rings (SSSR count). The summed E-state index contributed by atoms with van der Waals surface area (Å²) in [5.41, 5.74) is 6.81. The molecule has 0 fully saturated rings. The van der Waals surface area contributed by atoms with E-state index in [-0.39, 0.29) is 11.5 Å². The standard InChI is InChI=1S/C29H24ClN3O2/c1-17-13-24(19(3)33-23-10-11-26(30)32-16-23)29-25(14-17)27(34)18(2)28(35-29)21-8-6-20(7-9-21)22-5-4-12-31-15-22/h4-16,19,33H,1-3H3/t19-/m1/s1. The van der Waals surface area contributed by atoms with E-state index in [0.717, 1.165) is 33.5 Å². The average molecular weight is 482 g/mol. The Morgan fingerprint density at radius 3 is 2.40 bits per heavy atom. The third kappa shape index (κ3) is 4.55. The fourth-order valence-electron chi connectivity index (χ4n) is 4.30. The molecular formula is C29H24ClN3O2. The lowest BCUT2D eigenvalue weighted by molar-refractivity contribution is 0.605. The number of aryl methyl sites for hydroxylation is 1. The van der Waals surface area contributed by atoms with Crippen molar-refractivity contribution in [3.8, 4) is 22.5 Å². The molecular weight excluding hydrogens is 458 g/mol. The Bertz CT molecular complexity index is 1560. The maximum absolute atomic E-state index is 13.4. The summed E-state index contributed by atoms with van der Waals surface area (Å²) in [6.45, 7) is 5.84. The van der Waals surface area contributed by atoms with Gasteiger partial charge in [-0.1, -0.05) is 48.0 Å². The second-order valence-corrected chi connectivity index (χ2v) is 9.06. The number of nitrogens with one attached hydrogen (secondary N) is 1. The highest BCUT2D eigenvalue weighted by Gasteiger charge is 2.19. The first kappa shape index (κ1) is 22.8. The lowest BCUT2D eigenvalue weighted by Gasteiger charge is -2.18. The second kappa shape index (κ2) is 9.35. The van der Waals surface area contributed by atoms with E-state index in [1.165, 1.54) is 0 Å². The van der Waals surface area contributed by atoms with Crippen molar-refractivity contribution in [1.29, 1.82) is 0 Å². The molecule has 0 bridgehead atoms. The molecule has 3 heterocycles. The van der Waals surface area contributed by atoms with Gasteiger partial charge >= 0.3 is 0 Å². The molecule has 1 atom stereocenters. The lowest BCUT2D eigenvalue weighted by Crippen LogP contribution is -2.12. The summed E-state index contributed by atoms with van der Waals surface area (Å²) in [6.07, 6.45) is 5.27. The van der Waals surface area contributed by atoms with Crippen LogP contribution in [0.1, 0.15) is 29.7 Å². The normalized spacial score (nSPS) is 12.0.